The Kier molecular flexibility index (Phi) is 22.9. The lowest BCUT2D eigenvalue weighted by molar-refractivity contribution is -0.704. The second kappa shape index (κ2) is 24.9. The molecule has 0 aromatic carbocycles. The fourth-order valence-corrected chi connectivity index (χ4v) is 5.44. The van der Waals surface area contributed by atoms with Gasteiger partial charge in [0, 0.05) is 6.42 Å². The number of aromatic nitrogens is 2. The molecule has 0 bridgehead atoms. The zero-order valence-corrected chi connectivity index (χ0v) is 24.6. The van der Waals surface area contributed by atoms with Gasteiger partial charge in [-0.2, -0.15) is 0 Å². The van der Waals surface area contributed by atoms with Gasteiger partial charge in [-0.15, -0.1) is 0 Å². The van der Waals surface area contributed by atoms with E-state index in [0.717, 1.165) is 0 Å². The predicted molar refractivity (Wildman–Crippen MR) is 156 cm³/mol. The first-order valence-electron chi connectivity index (χ1n) is 16.4. The van der Waals surface area contributed by atoms with Crippen LogP contribution < -0.4 is 4.57 Å². The summed E-state index contributed by atoms with van der Waals surface area (Å²) >= 11 is 0. The van der Waals surface area contributed by atoms with Crippen molar-refractivity contribution in [3.8, 4) is 0 Å². The highest BCUT2D eigenvalue weighted by atomic mass is 15.1. The van der Waals surface area contributed by atoms with Crippen molar-refractivity contribution in [2.24, 2.45) is 0 Å². The van der Waals surface area contributed by atoms with Crippen LogP contribution >= 0.6 is 0 Å². The van der Waals surface area contributed by atoms with Crippen LogP contribution in [-0.4, -0.2) is 4.57 Å². The van der Waals surface area contributed by atoms with Crippen LogP contribution in [0.25, 0.3) is 0 Å². The molecule has 0 amide bonds. The molecule has 0 radical (unpaired) electrons. The molecule has 35 heavy (non-hydrogen) atoms. The number of imidazole rings is 1. The van der Waals surface area contributed by atoms with Crippen LogP contribution in [0.3, 0.4) is 0 Å². The number of aryl methyl sites for hydroxylation is 2. The molecule has 0 aliphatic heterocycles. The van der Waals surface area contributed by atoms with Crippen LogP contribution in [0.2, 0.25) is 0 Å². The standard InChI is InChI=1S/C33H65N2/c1-4-7-10-13-16-17-18-19-20-21-22-25-28-33-34(29-26-23-14-11-8-5-2)31-32-35(33)30-27-24-15-12-9-6-3/h31-32H,4-30H2,1-3H3/q+1. The third-order valence-electron chi connectivity index (χ3n) is 7.85. The van der Waals surface area contributed by atoms with Gasteiger partial charge in [-0.3, -0.25) is 0 Å². The van der Waals surface area contributed by atoms with E-state index in [1.807, 2.05) is 0 Å². The molecule has 0 N–H and O–H groups in total. The minimum Gasteiger partial charge on any atom is -0.234 e. The zero-order chi connectivity index (χ0) is 25.2. The lowest BCUT2D eigenvalue weighted by Gasteiger charge is -2.07. The molecule has 2 nitrogen and oxygen atoms in total. The normalized spacial score (nSPS) is 11.5. The molecule has 0 unspecified atom stereocenters. The van der Waals surface area contributed by atoms with Crippen molar-refractivity contribution < 1.29 is 4.57 Å². The maximum atomic E-state index is 2.61. The Hall–Kier alpha value is -0.790. The smallest absolute Gasteiger partial charge is 0.234 e. The quantitative estimate of drug-likeness (QED) is 0.0858. The lowest BCUT2D eigenvalue weighted by atomic mass is 10.0. The Morgan fingerprint density at radius 3 is 1.37 bits per heavy atom. The fraction of sp³-hybridized carbons (Fsp3) is 0.909. The minimum absolute atomic E-state index is 1.23. The van der Waals surface area contributed by atoms with Crippen LogP contribution in [0.1, 0.15) is 181 Å². The second-order valence-corrected chi connectivity index (χ2v) is 11.3. The Morgan fingerprint density at radius 1 is 0.486 bits per heavy atom. The van der Waals surface area contributed by atoms with E-state index in [1.165, 1.54) is 174 Å². The van der Waals surface area contributed by atoms with Crippen molar-refractivity contribution in [1.82, 2.24) is 4.57 Å². The molecule has 0 saturated heterocycles. The second-order valence-electron chi connectivity index (χ2n) is 11.3. The van der Waals surface area contributed by atoms with Gasteiger partial charge >= 0.3 is 0 Å². The molecular formula is C33H65N2+. The Bertz CT molecular complexity index is 514. The highest BCUT2D eigenvalue weighted by Gasteiger charge is 2.16. The van der Waals surface area contributed by atoms with Crippen molar-refractivity contribution in [3.05, 3.63) is 18.2 Å². The van der Waals surface area contributed by atoms with Gasteiger partial charge < -0.3 is 0 Å². The zero-order valence-electron chi connectivity index (χ0n) is 24.6. The van der Waals surface area contributed by atoms with Crippen LogP contribution in [-0.2, 0) is 19.5 Å². The molecule has 0 saturated carbocycles. The third-order valence-corrected chi connectivity index (χ3v) is 7.85. The summed E-state index contributed by atoms with van der Waals surface area (Å²) in [5, 5.41) is 0. The van der Waals surface area contributed by atoms with Crippen LogP contribution in [0, 0.1) is 0 Å². The Labute approximate surface area is 221 Å². The summed E-state index contributed by atoms with van der Waals surface area (Å²) in [5.41, 5.74) is 0. The summed E-state index contributed by atoms with van der Waals surface area (Å²) < 4.78 is 5.21. The number of rotatable bonds is 27. The van der Waals surface area contributed by atoms with E-state index in [9.17, 15) is 0 Å². The van der Waals surface area contributed by atoms with E-state index < -0.39 is 0 Å². The van der Waals surface area contributed by atoms with Crippen LogP contribution in [0.4, 0.5) is 0 Å². The molecule has 1 aromatic heterocycles. The summed E-state index contributed by atoms with van der Waals surface area (Å²) in [5.74, 6) is 1.61. The molecule has 0 atom stereocenters. The molecule has 2 heteroatoms. The van der Waals surface area contributed by atoms with Gasteiger partial charge in [0.1, 0.15) is 12.4 Å². The topological polar surface area (TPSA) is 8.81 Å². The maximum Gasteiger partial charge on any atom is 0.256 e. The van der Waals surface area contributed by atoms with E-state index in [0.29, 0.717) is 0 Å². The highest BCUT2D eigenvalue weighted by molar-refractivity contribution is 4.84. The third kappa shape index (κ3) is 18.2. The highest BCUT2D eigenvalue weighted by Crippen LogP contribution is 2.14. The average molecular weight is 490 g/mol. The molecule has 0 spiro atoms. The predicted octanol–water partition coefficient (Wildman–Crippen LogP) is 10.7. The maximum absolute atomic E-state index is 2.61. The van der Waals surface area contributed by atoms with E-state index in [1.54, 1.807) is 5.82 Å². The average Bonchev–Trinajstić information content (AvgIpc) is 3.25. The van der Waals surface area contributed by atoms with Gasteiger partial charge in [0.05, 0.1) is 13.1 Å². The van der Waals surface area contributed by atoms with Crippen LogP contribution in [0.5, 0.6) is 0 Å². The molecule has 1 heterocycles. The van der Waals surface area contributed by atoms with E-state index in [2.05, 4.69) is 42.3 Å². The van der Waals surface area contributed by atoms with Crippen molar-refractivity contribution in [1.29, 1.82) is 0 Å². The molecule has 0 aliphatic rings. The first-order valence-corrected chi connectivity index (χ1v) is 16.4. The SMILES string of the molecule is CCCCCCCCCCCCCCc1n(CCCCCCCC)cc[n+]1CCCCCCCC. The Morgan fingerprint density at radius 2 is 0.886 bits per heavy atom. The summed E-state index contributed by atoms with van der Waals surface area (Å²) in [7, 11) is 0. The van der Waals surface area contributed by atoms with Crippen molar-refractivity contribution in [2.45, 2.75) is 194 Å². The van der Waals surface area contributed by atoms with Gasteiger partial charge in [0.15, 0.2) is 0 Å². The van der Waals surface area contributed by atoms with Gasteiger partial charge in [-0.05, 0) is 32.1 Å². The number of hydrogen-bond acceptors (Lipinski definition) is 0. The van der Waals surface area contributed by atoms with Gasteiger partial charge in [0.25, 0.3) is 5.82 Å². The minimum atomic E-state index is 1.23. The number of nitrogens with zero attached hydrogens (tertiary/aromatic N) is 2. The fourth-order valence-electron chi connectivity index (χ4n) is 5.44. The molecular weight excluding hydrogens is 424 g/mol. The lowest BCUT2D eigenvalue weighted by Crippen LogP contribution is -2.37. The number of unbranched alkanes of at least 4 members (excludes halogenated alkanes) is 21. The Balaban J connectivity index is 2.30. The summed E-state index contributed by atoms with van der Waals surface area (Å²) in [6.07, 6.45) is 40.0. The van der Waals surface area contributed by atoms with E-state index in [4.69, 9.17) is 0 Å². The van der Waals surface area contributed by atoms with E-state index >= 15 is 0 Å². The van der Waals surface area contributed by atoms with Gasteiger partial charge in [0.2, 0.25) is 0 Å². The summed E-state index contributed by atoms with van der Waals surface area (Å²) in [4.78, 5) is 0. The van der Waals surface area contributed by atoms with Gasteiger partial charge in [-0.25, -0.2) is 9.13 Å². The molecule has 0 fully saturated rings. The van der Waals surface area contributed by atoms with Crippen molar-refractivity contribution in [2.75, 3.05) is 0 Å². The first-order chi connectivity index (χ1) is 17.3. The molecule has 1 rings (SSSR count). The van der Waals surface area contributed by atoms with Gasteiger partial charge in [-0.1, -0.05) is 143 Å². The van der Waals surface area contributed by atoms with E-state index in [-0.39, 0.29) is 0 Å². The largest absolute Gasteiger partial charge is 0.256 e. The summed E-state index contributed by atoms with van der Waals surface area (Å²) in [6.45, 7) is 9.38. The van der Waals surface area contributed by atoms with Crippen molar-refractivity contribution in [3.63, 3.8) is 0 Å². The molecule has 1 aromatic rings. The van der Waals surface area contributed by atoms with Crippen molar-refractivity contribution >= 4 is 0 Å². The monoisotopic (exact) mass is 490 g/mol. The first kappa shape index (κ1) is 32.2. The molecule has 0 aliphatic carbocycles. The number of hydrogen-bond donors (Lipinski definition) is 0. The summed E-state index contributed by atoms with van der Waals surface area (Å²) in [6, 6.07) is 0. The van der Waals surface area contributed by atoms with Crippen LogP contribution in [0.15, 0.2) is 12.4 Å². The molecule has 206 valence electrons.